The van der Waals surface area contributed by atoms with Crippen LogP contribution in [0.25, 0.3) is 0 Å². The van der Waals surface area contributed by atoms with Crippen LogP contribution in [0.2, 0.25) is 0 Å². The van der Waals surface area contributed by atoms with Gasteiger partial charge in [-0.2, -0.15) is 10.5 Å². The molecular weight excluding hydrogens is 338 g/mol. The van der Waals surface area contributed by atoms with Crippen molar-refractivity contribution in [2.45, 2.75) is 49.2 Å². The smallest absolute Gasteiger partial charge is 0.180 e. The molecule has 2 rings (SSSR count). The summed E-state index contributed by atoms with van der Waals surface area (Å²) >= 11 is 0.916. The molecule has 0 heterocycles. The number of nitriles is 2. The largest absolute Gasteiger partial charge is 0.210 e. The van der Waals surface area contributed by atoms with Crippen LogP contribution in [0.3, 0.4) is 0 Å². The Kier molecular flexibility index (Phi) is 6.39. The van der Waals surface area contributed by atoms with Crippen LogP contribution in [0.15, 0.2) is 58.0 Å². The summed E-state index contributed by atoms with van der Waals surface area (Å²) < 4.78 is 28.7. The second-order valence-corrected chi connectivity index (χ2v) is 7.26. The fourth-order valence-corrected chi connectivity index (χ4v) is 4.27. The van der Waals surface area contributed by atoms with E-state index in [0.717, 1.165) is 11.8 Å². The third-order valence-electron chi connectivity index (χ3n) is 4.22. The lowest BCUT2D eigenvalue weighted by Crippen LogP contribution is -2.38. The molecule has 0 amide bonds. The number of thioether (sulfide) groups is 1. The van der Waals surface area contributed by atoms with Crippen molar-refractivity contribution >= 4 is 11.8 Å². The maximum absolute atomic E-state index is 15.5. The minimum atomic E-state index is -1.89. The minimum absolute atomic E-state index is 0.262. The monoisotopic (exact) mass is 358 g/mol. The number of allylic oxidation sites excluding steroid dienone is 3. The molecule has 0 fully saturated rings. The van der Waals surface area contributed by atoms with Gasteiger partial charge in [-0.05, 0) is 36.1 Å². The van der Waals surface area contributed by atoms with E-state index in [-0.39, 0.29) is 11.1 Å². The maximum Gasteiger partial charge on any atom is 0.180 e. The van der Waals surface area contributed by atoms with E-state index >= 15 is 8.78 Å². The Labute approximate surface area is 151 Å². The summed E-state index contributed by atoms with van der Waals surface area (Å²) in [6, 6.07) is 12.6. The number of rotatable bonds is 6. The summed E-state index contributed by atoms with van der Waals surface area (Å²) in [5.41, 5.74) is 0.534. The normalized spacial score (nSPS) is 23.4. The summed E-state index contributed by atoms with van der Waals surface area (Å²) in [5.74, 6) is -2.77. The van der Waals surface area contributed by atoms with Gasteiger partial charge in [0, 0.05) is 4.90 Å². The number of benzene rings is 1. The molecule has 0 radical (unpaired) electrons. The first-order chi connectivity index (χ1) is 12.1. The molecule has 5 heteroatoms. The van der Waals surface area contributed by atoms with E-state index in [1.165, 1.54) is 0 Å². The average molecular weight is 358 g/mol. The molecule has 0 N–H and O–H groups in total. The first-order valence-corrected chi connectivity index (χ1v) is 9.20. The first-order valence-electron chi connectivity index (χ1n) is 8.38. The van der Waals surface area contributed by atoms with Crippen LogP contribution >= 0.6 is 11.8 Å². The van der Waals surface area contributed by atoms with Crippen molar-refractivity contribution in [3.05, 3.63) is 53.1 Å². The summed E-state index contributed by atoms with van der Waals surface area (Å²) in [6.07, 6.45) is 2.00. The number of halogens is 2. The zero-order chi connectivity index (χ0) is 18.4. The van der Waals surface area contributed by atoms with Crippen LogP contribution in [-0.2, 0) is 0 Å². The maximum atomic E-state index is 15.5. The van der Waals surface area contributed by atoms with Crippen LogP contribution in [0.5, 0.6) is 0 Å². The lowest BCUT2D eigenvalue weighted by Gasteiger charge is -2.35. The van der Waals surface area contributed by atoms with Gasteiger partial charge >= 0.3 is 0 Å². The van der Waals surface area contributed by atoms with E-state index < -0.39 is 22.3 Å². The molecule has 2 atom stereocenters. The summed E-state index contributed by atoms with van der Waals surface area (Å²) in [6.45, 7) is 3.77. The lowest BCUT2D eigenvalue weighted by atomic mass is 9.78. The van der Waals surface area contributed by atoms with Crippen LogP contribution < -0.4 is 0 Å². The second-order valence-electron chi connectivity index (χ2n) is 5.94. The highest BCUT2D eigenvalue weighted by atomic mass is 32.2. The Balaban J connectivity index is 2.66. The van der Waals surface area contributed by atoms with Gasteiger partial charge in [-0.25, -0.2) is 8.78 Å². The van der Waals surface area contributed by atoms with E-state index in [9.17, 15) is 10.5 Å². The van der Waals surface area contributed by atoms with Crippen LogP contribution in [0.4, 0.5) is 8.78 Å². The zero-order valence-corrected chi connectivity index (χ0v) is 15.2. The molecule has 1 aliphatic rings. The van der Waals surface area contributed by atoms with Crippen LogP contribution in [0.1, 0.15) is 39.5 Å². The fourth-order valence-electron chi connectivity index (χ4n) is 3.07. The topological polar surface area (TPSA) is 47.6 Å². The lowest BCUT2D eigenvalue weighted by molar-refractivity contribution is 0.419. The highest BCUT2D eigenvalue weighted by Crippen LogP contribution is 2.53. The van der Waals surface area contributed by atoms with E-state index in [4.69, 9.17) is 0 Å². The predicted molar refractivity (Wildman–Crippen MR) is 95.8 cm³/mol. The van der Waals surface area contributed by atoms with Gasteiger partial charge in [0.2, 0.25) is 0 Å². The Hall–Kier alpha value is -2.11. The molecule has 1 aliphatic carbocycles. The van der Waals surface area contributed by atoms with Gasteiger partial charge in [0.15, 0.2) is 4.75 Å². The molecule has 0 saturated carbocycles. The van der Waals surface area contributed by atoms with E-state index in [0.29, 0.717) is 30.6 Å². The van der Waals surface area contributed by atoms with Gasteiger partial charge in [-0.3, -0.25) is 0 Å². The molecule has 2 unspecified atom stereocenters. The van der Waals surface area contributed by atoms with Crippen molar-refractivity contribution < 1.29 is 8.78 Å². The minimum Gasteiger partial charge on any atom is -0.210 e. The summed E-state index contributed by atoms with van der Waals surface area (Å²) in [7, 11) is 0. The number of hydrogen-bond acceptors (Lipinski definition) is 3. The third-order valence-corrected chi connectivity index (χ3v) is 5.56. The van der Waals surface area contributed by atoms with Gasteiger partial charge in [-0.15, -0.1) is 0 Å². The molecule has 0 aliphatic heterocycles. The Morgan fingerprint density at radius 3 is 2.16 bits per heavy atom. The summed E-state index contributed by atoms with van der Waals surface area (Å²) in [5, 5.41) is 19.4. The Bertz CT molecular complexity index is 771. The van der Waals surface area contributed by atoms with E-state index in [1.54, 1.807) is 30.3 Å². The molecule has 130 valence electrons. The quantitative estimate of drug-likeness (QED) is 0.604. The molecule has 0 bridgehead atoms. The molecular formula is C20H20F2N2S. The predicted octanol–water partition coefficient (Wildman–Crippen LogP) is 6.24. The van der Waals surface area contributed by atoms with Gasteiger partial charge in [0.1, 0.15) is 17.6 Å². The van der Waals surface area contributed by atoms with Crippen molar-refractivity contribution in [2.75, 3.05) is 0 Å². The Morgan fingerprint density at radius 1 is 1.04 bits per heavy atom. The van der Waals surface area contributed by atoms with Crippen LogP contribution in [-0.4, -0.2) is 4.75 Å². The third kappa shape index (κ3) is 3.48. The van der Waals surface area contributed by atoms with Gasteiger partial charge in [0.05, 0.1) is 12.1 Å². The molecule has 1 aromatic carbocycles. The molecule has 1 aromatic rings. The molecule has 0 aromatic heterocycles. The van der Waals surface area contributed by atoms with Gasteiger partial charge < -0.3 is 0 Å². The van der Waals surface area contributed by atoms with Crippen molar-refractivity contribution in [3.63, 3.8) is 0 Å². The van der Waals surface area contributed by atoms with Crippen molar-refractivity contribution in [3.8, 4) is 12.1 Å². The SMILES string of the molecule is CCCC1=C(F)C(C#N)C(C#N)(Sc2ccccc2)C(F)=C1CCC. The Morgan fingerprint density at radius 2 is 1.64 bits per heavy atom. The number of nitrogens with zero attached hydrogens (tertiary/aromatic N) is 2. The fraction of sp³-hybridized carbons (Fsp3) is 0.400. The average Bonchev–Trinajstić information content (AvgIpc) is 2.63. The second kappa shape index (κ2) is 8.32. The standard InChI is InChI=1S/C20H20F2N2S/c1-3-8-15-16(9-4-2)19(22)20(13-24,17(12-23)18(15)21)25-14-10-6-5-7-11-14/h5-7,10-11,17H,3-4,8-9H2,1-2H3. The van der Waals surface area contributed by atoms with Crippen LogP contribution in [0, 0.1) is 28.6 Å². The summed E-state index contributed by atoms with van der Waals surface area (Å²) in [4.78, 5) is 0.627. The van der Waals surface area contributed by atoms with Crippen molar-refractivity contribution in [2.24, 2.45) is 5.92 Å². The van der Waals surface area contributed by atoms with Gasteiger partial charge in [0.25, 0.3) is 0 Å². The molecule has 2 nitrogen and oxygen atoms in total. The van der Waals surface area contributed by atoms with Crippen molar-refractivity contribution in [1.29, 1.82) is 10.5 Å². The van der Waals surface area contributed by atoms with Gasteiger partial charge in [-0.1, -0.05) is 56.7 Å². The van der Waals surface area contributed by atoms with Crippen molar-refractivity contribution in [1.82, 2.24) is 0 Å². The zero-order valence-electron chi connectivity index (χ0n) is 14.4. The van der Waals surface area contributed by atoms with E-state index in [2.05, 4.69) is 0 Å². The first kappa shape index (κ1) is 19.2. The molecule has 25 heavy (non-hydrogen) atoms. The highest BCUT2D eigenvalue weighted by molar-refractivity contribution is 8.01. The molecule has 0 spiro atoms. The number of hydrogen-bond donors (Lipinski definition) is 0. The highest BCUT2D eigenvalue weighted by Gasteiger charge is 2.52. The van der Waals surface area contributed by atoms with E-state index in [1.807, 2.05) is 26.0 Å². The molecule has 0 saturated heterocycles.